The molecule has 0 radical (unpaired) electrons. The summed E-state index contributed by atoms with van der Waals surface area (Å²) in [5, 5.41) is 9.30. The van der Waals surface area contributed by atoms with Gasteiger partial charge in [-0.25, -0.2) is 13.6 Å². The number of nitrogens with two attached hydrogens (primary N) is 1. The van der Waals surface area contributed by atoms with E-state index in [1.54, 1.807) is 9.47 Å². The van der Waals surface area contributed by atoms with Gasteiger partial charge in [-0.1, -0.05) is 0 Å². The number of rotatable bonds is 3. The van der Waals surface area contributed by atoms with Gasteiger partial charge in [-0.3, -0.25) is 4.79 Å². The molecule has 1 saturated heterocycles. The zero-order valence-corrected chi connectivity index (χ0v) is 15.8. The molecule has 1 aliphatic carbocycles. The highest BCUT2D eigenvalue weighted by atomic mass is 19.1. The summed E-state index contributed by atoms with van der Waals surface area (Å²) in [4.78, 5) is 25.7. The minimum Gasteiger partial charge on any atom is -0.487 e. The SMILES string of the molecule is C[C@H]1COc2c(N3C[C@@H](F)[C@@H](C4(N)CC4)C3)c(F)cc3c(=O)c(C(=O)O)cn1c23. The summed E-state index contributed by atoms with van der Waals surface area (Å²) in [7, 11) is 0. The molecular formula is C20H21F2N3O4. The third kappa shape index (κ3) is 2.56. The fraction of sp³-hybridized carbons (Fsp3) is 0.500. The number of carboxylic acids is 1. The van der Waals surface area contributed by atoms with Gasteiger partial charge in [0.1, 0.15) is 24.0 Å². The summed E-state index contributed by atoms with van der Waals surface area (Å²) in [6, 6.07) is 0.789. The second-order valence-corrected chi connectivity index (χ2v) is 8.44. The summed E-state index contributed by atoms with van der Waals surface area (Å²) in [5.74, 6) is -2.33. The molecule has 5 rings (SSSR count). The van der Waals surface area contributed by atoms with Gasteiger partial charge in [0.25, 0.3) is 0 Å². The minimum atomic E-state index is -1.37. The smallest absolute Gasteiger partial charge is 0.341 e. The van der Waals surface area contributed by atoms with Crippen LogP contribution in [0.15, 0.2) is 17.1 Å². The number of hydrogen-bond donors (Lipinski definition) is 2. The van der Waals surface area contributed by atoms with Crippen LogP contribution in [0.5, 0.6) is 5.75 Å². The molecule has 3 N–H and O–H groups in total. The molecule has 0 bridgehead atoms. The van der Waals surface area contributed by atoms with Crippen molar-refractivity contribution in [1.82, 2.24) is 4.57 Å². The molecule has 3 heterocycles. The van der Waals surface area contributed by atoms with Crippen LogP contribution in [0.2, 0.25) is 0 Å². The fourth-order valence-electron chi connectivity index (χ4n) is 4.66. The Kier molecular flexibility index (Phi) is 3.74. The Balaban J connectivity index is 1.71. The predicted octanol–water partition coefficient (Wildman–Crippen LogP) is 2.06. The Hall–Kier alpha value is -2.68. The number of carbonyl (C=O) groups is 1. The van der Waals surface area contributed by atoms with Crippen LogP contribution in [0.3, 0.4) is 0 Å². The van der Waals surface area contributed by atoms with Crippen LogP contribution >= 0.6 is 0 Å². The van der Waals surface area contributed by atoms with Crippen molar-refractivity contribution in [3.05, 3.63) is 33.9 Å². The van der Waals surface area contributed by atoms with Gasteiger partial charge >= 0.3 is 5.97 Å². The number of ether oxygens (including phenoxy) is 1. The van der Waals surface area contributed by atoms with Crippen LogP contribution in [0, 0.1) is 11.7 Å². The number of carboxylic acid groups (broad SMARTS) is 1. The van der Waals surface area contributed by atoms with E-state index in [9.17, 15) is 19.1 Å². The third-order valence-corrected chi connectivity index (χ3v) is 6.50. The molecule has 0 spiro atoms. The Morgan fingerprint density at radius 2 is 2.10 bits per heavy atom. The molecule has 2 aromatic rings. The lowest BCUT2D eigenvalue weighted by Gasteiger charge is -2.31. The predicted molar refractivity (Wildman–Crippen MR) is 102 cm³/mol. The molecule has 1 aromatic carbocycles. The Bertz CT molecular complexity index is 1110. The highest BCUT2D eigenvalue weighted by Gasteiger charge is 2.53. The van der Waals surface area contributed by atoms with E-state index >= 15 is 4.39 Å². The van der Waals surface area contributed by atoms with E-state index in [1.165, 1.54) is 6.20 Å². The minimum absolute atomic E-state index is 0.00456. The molecule has 7 nitrogen and oxygen atoms in total. The zero-order chi connectivity index (χ0) is 20.7. The molecular weight excluding hydrogens is 384 g/mol. The van der Waals surface area contributed by atoms with Gasteiger partial charge in [-0.05, 0) is 25.8 Å². The molecule has 29 heavy (non-hydrogen) atoms. The van der Waals surface area contributed by atoms with Gasteiger partial charge in [0.15, 0.2) is 11.6 Å². The summed E-state index contributed by atoms with van der Waals surface area (Å²) in [6.07, 6.45) is 1.60. The van der Waals surface area contributed by atoms with Crippen LogP contribution in [-0.2, 0) is 0 Å². The van der Waals surface area contributed by atoms with Crippen molar-refractivity contribution in [2.45, 2.75) is 37.5 Å². The fourth-order valence-corrected chi connectivity index (χ4v) is 4.66. The summed E-state index contributed by atoms with van der Waals surface area (Å²) >= 11 is 0. The highest BCUT2D eigenvalue weighted by Crippen LogP contribution is 2.48. The lowest BCUT2D eigenvalue weighted by atomic mass is 9.96. The quantitative estimate of drug-likeness (QED) is 0.811. The van der Waals surface area contributed by atoms with Crippen LogP contribution in [0.25, 0.3) is 10.9 Å². The number of hydrogen-bond acceptors (Lipinski definition) is 5. The van der Waals surface area contributed by atoms with Gasteiger partial charge in [0.05, 0.1) is 16.9 Å². The Labute approximate surface area is 164 Å². The first-order valence-corrected chi connectivity index (χ1v) is 9.66. The van der Waals surface area contributed by atoms with Crippen LogP contribution in [0.1, 0.15) is 36.2 Å². The molecule has 154 valence electrons. The van der Waals surface area contributed by atoms with E-state index in [1.807, 2.05) is 6.92 Å². The van der Waals surface area contributed by atoms with Crippen molar-refractivity contribution < 1.29 is 23.4 Å². The molecule has 3 atom stereocenters. The molecule has 3 aliphatic rings. The number of benzene rings is 1. The standard InChI is InChI=1S/C20H21F2N3O4/c1-9-8-29-18-15-10(17(26)11(19(27)28)5-25(9)15)4-13(21)16(18)24-6-12(14(22)7-24)20(23)2-3-20/h4-5,9,12,14H,2-3,6-8,23H2,1H3,(H,27,28)/t9-,12-,14+/m0/s1. The maximum Gasteiger partial charge on any atom is 0.341 e. The Morgan fingerprint density at radius 1 is 1.38 bits per heavy atom. The normalized spacial score (nSPS) is 27.2. The summed E-state index contributed by atoms with van der Waals surface area (Å²) in [5.41, 5.74) is 4.92. The first kappa shape index (κ1) is 18.4. The average Bonchev–Trinajstić information content (AvgIpc) is 3.28. The highest BCUT2D eigenvalue weighted by molar-refractivity contribution is 5.97. The topological polar surface area (TPSA) is 97.8 Å². The van der Waals surface area contributed by atoms with Crippen molar-refractivity contribution in [3.8, 4) is 5.75 Å². The van der Waals surface area contributed by atoms with Gasteiger partial charge in [0.2, 0.25) is 5.43 Å². The van der Waals surface area contributed by atoms with Crippen LogP contribution < -0.4 is 20.8 Å². The Morgan fingerprint density at radius 3 is 2.76 bits per heavy atom. The summed E-state index contributed by atoms with van der Waals surface area (Å²) in [6.45, 7) is 2.26. The average molecular weight is 405 g/mol. The molecule has 1 aromatic heterocycles. The van der Waals surface area contributed by atoms with Crippen molar-refractivity contribution in [2.24, 2.45) is 11.7 Å². The van der Waals surface area contributed by atoms with Gasteiger partial charge in [-0.15, -0.1) is 0 Å². The van der Waals surface area contributed by atoms with Crippen LogP contribution in [0.4, 0.5) is 14.5 Å². The number of alkyl halides is 1. The van der Waals surface area contributed by atoms with Crippen molar-refractivity contribution in [2.75, 3.05) is 24.6 Å². The first-order chi connectivity index (χ1) is 13.7. The molecule has 2 fully saturated rings. The van der Waals surface area contributed by atoms with E-state index < -0.39 is 34.5 Å². The van der Waals surface area contributed by atoms with Crippen molar-refractivity contribution in [1.29, 1.82) is 0 Å². The first-order valence-electron chi connectivity index (χ1n) is 9.66. The largest absolute Gasteiger partial charge is 0.487 e. The van der Waals surface area contributed by atoms with E-state index in [0.29, 0.717) is 5.52 Å². The third-order valence-electron chi connectivity index (χ3n) is 6.50. The number of anilines is 1. The van der Waals surface area contributed by atoms with Gasteiger partial charge in [-0.2, -0.15) is 0 Å². The lowest BCUT2D eigenvalue weighted by molar-refractivity contribution is 0.0694. The molecule has 2 aliphatic heterocycles. The van der Waals surface area contributed by atoms with E-state index in [-0.39, 0.29) is 48.5 Å². The monoisotopic (exact) mass is 405 g/mol. The lowest BCUT2D eigenvalue weighted by Crippen LogP contribution is -2.38. The number of halogens is 2. The van der Waals surface area contributed by atoms with E-state index in [2.05, 4.69) is 0 Å². The maximum atomic E-state index is 15.2. The molecule has 0 unspecified atom stereocenters. The van der Waals surface area contributed by atoms with Crippen molar-refractivity contribution in [3.63, 3.8) is 0 Å². The van der Waals surface area contributed by atoms with Crippen molar-refractivity contribution >= 4 is 22.6 Å². The second-order valence-electron chi connectivity index (χ2n) is 8.44. The zero-order valence-electron chi connectivity index (χ0n) is 15.8. The van der Waals surface area contributed by atoms with E-state index in [0.717, 1.165) is 18.9 Å². The number of nitrogens with zero attached hydrogens (tertiary/aromatic N) is 2. The maximum absolute atomic E-state index is 15.2. The molecule has 1 saturated carbocycles. The number of aromatic nitrogens is 1. The van der Waals surface area contributed by atoms with Crippen LogP contribution in [-0.4, -0.2) is 47.0 Å². The summed E-state index contributed by atoms with van der Waals surface area (Å²) < 4.78 is 37.3. The second kappa shape index (κ2) is 5.91. The van der Waals surface area contributed by atoms with E-state index in [4.69, 9.17) is 10.5 Å². The number of pyridine rings is 1. The van der Waals surface area contributed by atoms with Gasteiger partial charge < -0.3 is 25.0 Å². The number of aromatic carboxylic acids is 1. The van der Waals surface area contributed by atoms with Gasteiger partial charge in [0, 0.05) is 30.7 Å². The molecule has 0 amide bonds. The molecule has 9 heteroatoms.